The Labute approximate surface area is 197 Å². The van der Waals surface area contributed by atoms with Crippen LogP contribution in [-0.4, -0.2) is 57.9 Å². The van der Waals surface area contributed by atoms with Gasteiger partial charge in [0.25, 0.3) is 0 Å². The van der Waals surface area contributed by atoms with E-state index in [1.165, 1.54) is 0 Å². The zero-order chi connectivity index (χ0) is 22.6. The number of amides is 1. The fourth-order valence-electron chi connectivity index (χ4n) is 4.42. The van der Waals surface area contributed by atoms with Crippen LogP contribution in [0.3, 0.4) is 0 Å². The lowest BCUT2D eigenvalue weighted by Crippen LogP contribution is -2.35. The van der Waals surface area contributed by atoms with Gasteiger partial charge in [0.05, 0.1) is 6.54 Å². The summed E-state index contributed by atoms with van der Waals surface area (Å²) in [5.74, 6) is 3.68. The Bertz CT molecular complexity index is 1090. The lowest BCUT2D eigenvalue weighted by Gasteiger charge is -2.18. The highest BCUT2D eigenvalue weighted by atomic mass is 35.5. The molecule has 5 rings (SSSR count). The van der Waals surface area contributed by atoms with E-state index < -0.39 is 0 Å². The number of aromatic nitrogens is 3. The number of ether oxygens (including phenoxy) is 1. The second-order valence-electron chi connectivity index (χ2n) is 8.53. The van der Waals surface area contributed by atoms with Crippen LogP contribution < -0.4 is 5.32 Å². The summed E-state index contributed by atoms with van der Waals surface area (Å²) in [6.07, 6.45) is 2.95. The van der Waals surface area contributed by atoms with Crippen LogP contribution >= 0.6 is 11.6 Å². The third-order valence-corrected chi connectivity index (χ3v) is 6.49. The van der Waals surface area contributed by atoms with Crippen molar-refractivity contribution >= 4 is 17.5 Å². The van der Waals surface area contributed by atoms with E-state index in [1.54, 1.807) is 0 Å². The number of hydrogen-bond donors (Lipinski definition) is 1. The molecular formula is C24H28ClN5O3. The minimum atomic E-state index is -0.295. The molecule has 4 heterocycles. The summed E-state index contributed by atoms with van der Waals surface area (Å²) in [7, 11) is 0. The van der Waals surface area contributed by atoms with Crippen LogP contribution in [0.5, 0.6) is 0 Å². The molecule has 1 atom stereocenters. The van der Waals surface area contributed by atoms with Crippen LogP contribution in [0.15, 0.2) is 40.8 Å². The number of nitrogens with zero attached hydrogens (tertiary/aromatic N) is 4. The van der Waals surface area contributed by atoms with Gasteiger partial charge in [-0.1, -0.05) is 11.6 Å². The molecule has 1 saturated heterocycles. The summed E-state index contributed by atoms with van der Waals surface area (Å²) in [6, 6.07) is 11.7. The zero-order valence-corrected chi connectivity index (χ0v) is 19.3. The number of halogens is 1. The molecule has 0 radical (unpaired) electrons. The first kappa shape index (κ1) is 22.1. The van der Waals surface area contributed by atoms with Crippen LogP contribution in [0.1, 0.15) is 30.3 Å². The molecule has 1 N–H and O–H groups in total. The summed E-state index contributed by atoms with van der Waals surface area (Å²) in [5.41, 5.74) is 1.02. The molecule has 33 heavy (non-hydrogen) atoms. The fourth-order valence-corrected chi connectivity index (χ4v) is 4.54. The number of carbonyl (C=O) groups excluding carboxylic acids is 1. The van der Waals surface area contributed by atoms with E-state index in [9.17, 15) is 4.79 Å². The van der Waals surface area contributed by atoms with Crippen LogP contribution in [0.25, 0.3) is 11.3 Å². The highest BCUT2D eigenvalue weighted by molar-refractivity contribution is 6.30. The molecule has 2 aliphatic rings. The van der Waals surface area contributed by atoms with Crippen LogP contribution in [0.4, 0.5) is 0 Å². The first-order valence-corrected chi connectivity index (χ1v) is 11.9. The Morgan fingerprint density at radius 3 is 2.82 bits per heavy atom. The lowest BCUT2D eigenvalue weighted by molar-refractivity contribution is -0.130. The minimum absolute atomic E-state index is 0.0225. The molecule has 2 aliphatic heterocycles. The van der Waals surface area contributed by atoms with Crippen molar-refractivity contribution in [2.45, 2.75) is 44.9 Å². The molecular weight excluding hydrogens is 442 g/mol. The molecule has 1 unspecified atom stereocenters. The van der Waals surface area contributed by atoms with Gasteiger partial charge in [-0.3, -0.25) is 9.69 Å². The van der Waals surface area contributed by atoms with E-state index in [1.807, 2.05) is 36.4 Å². The Morgan fingerprint density at radius 2 is 2.00 bits per heavy atom. The highest BCUT2D eigenvalue weighted by Crippen LogP contribution is 2.25. The maximum Gasteiger partial charge on any atom is 0.249 e. The second-order valence-corrected chi connectivity index (χ2v) is 8.96. The zero-order valence-electron chi connectivity index (χ0n) is 18.5. The third-order valence-electron chi connectivity index (χ3n) is 6.24. The molecule has 1 fully saturated rings. The molecule has 2 aromatic heterocycles. The Balaban J connectivity index is 1.14. The summed E-state index contributed by atoms with van der Waals surface area (Å²) in [4.78, 5) is 14.5. The lowest BCUT2D eigenvalue weighted by atomic mass is 10.2. The van der Waals surface area contributed by atoms with Crippen molar-refractivity contribution < 1.29 is 13.9 Å². The summed E-state index contributed by atoms with van der Waals surface area (Å²) < 4.78 is 13.7. The maximum atomic E-state index is 12.1. The minimum Gasteiger partial charge on any atom is -0.460 e. The van der Waals surface area contributed by atoms with E-state index >= 15 is 0 Å². The first-order valence-electron chi connectivity index (χ1n) is 11.5. The molecule has 0 aliphatic carbocycles. The van der Waals surface area contributed by atoms with Gasteiger partial charge in [0.15, 0.2) is 0 Å². The number of hydrogen-bond acceptors (Lipinski definition) is 6. The van der Waals surface area contributed by atoms with Gasteiger partial charge in [0.2, 0.25) is 5.91 Å². The number of furan rings is 1. The van der Waals surface area contributed by atoms with Gasteiger partial charge in [0, 0.05) is 56.2 Å². The first-order chi connectivity index (χ1) is 16.2. The predicted molar refractivity (Wildman–Crippen MR) is 124 cm³/mol. The standard InChI is InChI=1S/C24H28ClN5O3/c25-18-5-3-17(4-6-18)20-8-7-19(33-20)16-29-12-10-23-28-27-22(30(23)14-13-29)9-11-26-24(31)21-2-1-15-32-21/h3-8,21H,1-2,9-16H2,(H,26,31). The van der Waals surface area contributed by atoms with E-state index in [0.717, 1.165) is 74.2 Å². The van der Waals surface area contributed by atoms with Gasteiger partial charge in [-0.15, -0.1) is 10.2 Å². The van der Waals surface area contributed by atoms with E-state index in [4.69, 9.17) is 20.8 Å². The van der Waals surface area contributed by atoms with Crippen molar-refractivity contribution in [2.75, 3.05) is 26.2 Å². The van der Waals surface area contributed by atoms with E-state index in [-0.39, 0.29) is 12.0 Å². The summed E-state index contributed by atoms with van der Waals surface area (Å²) in [5, 5.41) is 12.5. The van der Waals surface area contributed by atoms with Crippen molar-refractivity contribution in [1.29, 1.82) is 0 Å². The van der Waals surface area contributed by atoms with E-state index in [0.29, 0.717) is 24.6 Å². The molecule has 1 aromatic carbocycles. The quantitative estimate of drug-likeness (QED) is 0.572. The van der Waals surface area contributed by atoms with Gasteiger partial charge in [-0.2, -0.15) is 0 Å². The van der Waals surface area contributed by atoms with Crippen LogP contribution in [0.2, 0.25) is 5.02 Å². The molecule has 9 heteroatoms. The summed E-state index contributed by atoms with van der Waals surface area (Å²) in [6.45, 7) is 4.57. The van der Waals surface area contributed by atoms with Gasteiger partial charge in [-0.25, -0.2) is 0 Å². The normalized spacial score (nSPS) is 18.8. The van der Waals surface area contributed by atoms with Crippen molar-refractivity contribution in [3.05, 3.63) is 58.8 Å². The van der Waals surface area contributed by atoms with Gasteiger partial charge < -0.3 is 19.0 Å². The second kappa shape index (κ2) is 10.1. The average molecular weight is 470 g/mol. The van der Waals surface area contributed by atoms with Gasteiger partial charge >= 0.3 is 0 Å². The topological polar surface area (TPSA) is 85.4 Å². The number of fused-ring (bicyclic) bond motifs is 1. The Kier molecular flexibility index (Phi) is 6.75. The smallest absolute Gasteiger partial charge is 0.249 e. The molecule has 3 aromatic rings. The Hall–Kier alpha value is -2.68. The largest absolute Gasteiger partial charge is 0.460 e. The number of nitrogens with one attached hydrogen (secondary N) is 1. The number of rotatable bonds is 7. The van der Waals surface area contributed by atoms with Crippen LogP contribution in [0, 0.1) is 0 Å². The van der Waals surface area contributed by atoms with E-state index in [2.05, 4.69) is 25.0 Å². The predicted octanol–water partition coefficient (Wildman–Crippen LogP) is 3.09. The molecule has 1 amide bonds. The number of carbonyl (C=O) groups is 1. The molecule has 174 valence electrons. The third kappa shape index (κ3) is 5.29. The van der Waals surface area contributed by atoms with Crippen molar-refractivity contribution in [3.63, 3.8) is 0 Å². The van der Waals surface area contributed by atoms with Gasteiger partial charge in [0.1, 0.15) is 29.3 Å². The van der Waals surface area contributed by atoms with Crippen molar-refractivity contribution in [2.24, 2.45) is 0 Å². The monoisotopic (exact) mass is 469 g/mol. The fraction of sp³-hybridized carbons (Fsp3) is 0.458. The molecule has 8 nitrogen and oxygen atoms in total. The van der Waals surface area contributed by atoms with Crippen LogP contribution in [-0.2, 0) is 35.5 Å². The maximum absolute atomic E-state index is 12.1. The number of benzene rings is 1. The average Bonchev–Trinajstić information content (AvgIpc) is 3.56. The highest BCUT2D eigenvalue weighted by Gasteiger charge is 2.24. The Morgan fingerprint density at radius 1 is 1.12 bits per heavy atom. The van der Waals surface area contributed by atoms with Crippen molar-refractivity contribution in [1.82, 2.24) is 25.0 Å². The molecule has 0 bridgehead atoms. The molecule has 0 saturated carbocycles. The van der Waals surface area contributed by atoms with Gasteiger partial charge in [-0.05, 0) is 49.2 Å². The van der Waals surface area contributed by atoms with Crippen molar-refractivity contribution in [3.8, 4) is 11.3 Å². The SMILES string of the molecule is O=C(NCCc1nnc2n1CCN(Cc1ccc(-c3ccc(Cl)cc3)o1)CC2)C1CCCO1. The molecule has 0 spiro atoms. The summed E-state index contributed by atoms with van der Waals surface area (Å²) >= 11 is 5.98.